The van der Waals surface area contributed by atoms with Gasteiger partial charge >= 0.3 is 23.8 Å². The summed E-state index contributed by atoms with van der Waals surface area (Å²) in [6, 6.07) is 7.55. The lowest BCUT2D eigenvalue weighted by Crippen LogP contribution is -2.83. The van der Waals surface area contributed by atoms with Crippen LogP contribution in [0, 0.1) is 5.82 Å². The molecule has 2 aliphatic heterocycles. The first-order chi connectivity index (χ1) is 20.0. The number of halogens is 1. The van der Waals surface area contributed by atoms with Crippen LogP contribution in [0.25, 0.3) is 0 Å². The maximum absolute atomic E-state index is 15.6. The van der Waals surface area contributed by atoms with Crippen LogP contribution in [0.2, 0.25) is 0 Å². The molecule has 2 aliphatic rings. The summed E-state index contributed by atoms with van der Waals surface area (Å²) in [5.74, 6) is -18.4. The van der Waals surface area contributed by atoms with E-state index in [1.165, 1.54) is 24.1 Å². The highest BCUT2D eigenvalue weighted by molar-refractivity contribution is 6.02. The molecule has 1 fully saturated rings. The van der Waals surface area contributed by atoms with E-state index in [2.05, 4.69) is 15.4 Å². The molecule has 1 unspecified atom stereocenters. The van der Waals surface area contributed by atoms with Gasteiger partial charge in [-0.2, -0.15) is 4.90 Å². The number of morpholine rings is 1. The normalized spacial score (nSPS) is 20.8. The summed E-state index contributed by atoms with van der Waals surface area (Å²) in [7, 11) is 1.41. The zero-order chi connectivity index (χ0) is 32.0. The van der Waals surface area contributed by atoms with Crippen LogP contribution in [0.3, 0.4) is 0 Å². The second-order valence-corrected chi connectivity index (χ2v) is 10.1. The Morgan fingerprint density at radius 2 is 1.63 bits per heavy atom. The van der Waals surface area contributed by atoms with Gasteiger partial charge in [-0.05, 0) is 18.6 Å². The van der Waals surface area contributed by atoms with Gasteiger partial charge in [-0.1, -0.05) is 24.3 Å². The van der Waals surface area contributed by atoms with Crippen molar-refractivity contribution in [2.45, 2.75) is 62.3 Å². The van der Waals surface area contributed by atoms with Crippen LogP contribution in [0.4, 0.5) is 10.1 Å². The predicted octanol–water partition coefficient (Wildman–Crippen LogP) is -3.13. The number of carbonyl (C=O) groups is 3. The summed E-state index contributed by atoms with van der Waals surface area (Å²) in [5, 5.41) is 85.3. The molecule has 4 rings (SSSR count). The molecular formula is C26H31FN4O12. The SMILES string of the molecule is CNC(=O)C(CCC=O)N1Cc2c(NCc3cccc(CN4C(O)(O)C(O)(O)OC(O)(O)C4(O)O)c3F)cccc2C1=O. The van der Waals surface area contributed by atoms with Crippen LogP contribution in [0.5, 0.6) is 0 Å². The van der Waals surface area contributed by atoms with Gasteiger partial charge in [-0.3, -0.25) is 14.3 Å². The number of fused-ring (bicyclic) bond motifs is 1. The van der Waals surface area contributed by atoms with Crippen molar-refractivity contribution < 1.29 is 64.4 Å². The quantitative estimate of drug-likeness (QED) is 0.0944. The second-order valence-electron chi connectivity index (χ2n) is 10.1. The highest BCUT2D eigenvalue weighted by Crippen LogP contribution is 2.42. The van der Waals surface area contributed by atoms with Crippen molar-refractivity contribution in [3.05, 3.63) is 64.5 Å². The number of nitrogens with one attached hydrogen (secondary N) is 2. The Morgan fingerprint density at radius 1 is 1.02 bits per heavy atom. The number of amides is 2. The number of aldehydes is 1. The third-order valence-corrected chi connectivity index (χ3v) is 7.35. The topological polar surface area (TPSA) is 253 Å². The van der Waals surface area contributed by atoms with Crippen molar-refractivity contribution in [3.63, 3.8) is 0 Å². The number of carbonyl (C=O) groups excluding carboxylic acids is 3. The summed E-state index contributed by atoms with van der Waals surface area (Å²) in [5.41, 5.74) is 0.695. The van der Waals surface area contributed by atoms with Crippen LogP contribution in [0.1, 0.15) is 39.9 Å². The van der Waals surface area contributed by atoms with Gasteiger partial charge < -0.3 is 61.2 Å². The number of rotatable bonds is 10. The van der Waals surface area contributed by atoms with Crippen LogP contribution in [-0.2, 0) is 34.0 Å². The molecule has 2 amide bonds. The van der Waals surface area contributed by atoms with Gasteiger partial charge in [-0.25, -0.2) is 4.39 Å². The van der Waals surface area contributed by atoms with Crippen LogP contribution < -0.4 is 10.6 Å². The van der Waals surface area contributed by atoms with Gasteiger partial charge in [-0.15, -0.1) is 0 Å². The van der Waals surface area contributed by atoms with Gasteiger partial charge in [0.25, 0.3) is 5.91 Å². The molecular weight excluding hydrogens is 579 g/mol. The molecule has 0 aromatic heterocycles. The van der Waals surface area contributed by atoms with Gasteiger partial charge in [0.05, 0.1) is 0 Å². The fourth-order valence-electron chi connectivity index (χ4n) is 4.97. The maximum Gasteiger partial charge on any atom is 0.356 e. The molecule has 16 nitrogen and oxygen atoms in total. The monoisotopic (exact) mass is 610 g/mol. The number of likely N-dealkylation sites (N-methyl/N-ethyl adjacent to an activating group) is 1. The Morgan fingerprint density at radius 3 is 2.23 bits per heavy atom. The molecule has 0 bridgehead atoms. The molecule has 43 heavy (non-hydrogen) atoms. The Balaban J connectivity index is 1.57. The smallest absolute Gasteiger partial charge is 0.356 e. The Bertz CT molecular complexity index is 1390. The largest absolute Gasteiger partial charge is 0.381 e. The molecule has 2 aromatic carbocycles. The summed E-state index contributed by atoms with van der Waals surface area (Å²) < 4.78 is 19.4. The van der Waals surface area contributed by atoms with Crippen molar-refractivity contribution >= 4 is 23.8 Å². The third kappa shape index (κ3) is 5.58. The molecule has 2 heterocycles. The Hall–Kier alpha value is -3.62. The molecule has 0 spiro atoms. The Kier molecular flexibility index (Phi) is 8.61. The van der Waals surface area contributed by atoms with Crippen LogP contribution in [-0.4, -0.2) is 106 Å². The average Bonchev–Trinajstić information content (AvgIpc) is 3.26. The minimum absolute atomic E-state index is 0.0200. The minimum Gasteiger partial charge on any atom is -0.381 e. The average molecular weight is 611 g/mol. The third-order valence-electron chi connectivity index (χ3n) is 7.35. The van der Waals surface area contributed by atoms with E-state index in [0.717, 1.165) is 6.07 Å². The molecule has 234 valence electrons. The molecule has 0 saturated carbocycles. The summed E-state index contributed by atoms with van der Waals surface area (Å²) >= 11 is 0. The summed E-state index contributed by atoms with van der Waals surface area (Å²) in [4.78, 5) is 37.4. The maximum atomic E-state index is 15.6. The van der Waals surface area contributed by atoms with Crippen molar-refractivity contribution in [2.24, 2.45) is 0 Å². The van der Waals surface area contributed by atoms with Crippen LogP contribution >= 0.6 is 0 Å². The fourth-order valence-corrected chi connectivity index (χ4v) is 4.97. The lowest BCUT2D eigenvalue weighted by Gasteiger charge is -2.55. The number of hydrogen-bond acceptors (Lipinski definition) is 14. The second kappa shape index (κ2) is 11.5. The van der Waals surface area contributed by atoms with E-state index < -0.39 is 64.4 Å². The zero-order valence-corrected chi connectivity index (χ0v) is 22.6. The zero-order valence-electron chi connectivity index (χ0n) is 22.6. The Labute approximate surface area is 242 Å². The number of aliphatic hydroxyl groups is 8. The van der Waals surface area contributed by atoms with Crippen molar-refractivity contribution in [2.75, 3.05) is 12.4 Å². The first kappa shape index (κ1) is 32.3. The molecule has 10 N–H and O–H groups in total. The number of ether oxygens (including phenoxy) is 1. The van der Waals surface area contributed by atoms with E-state index in [-0.39, 0.29) is 31.5 Å². The van der Waals surface area contributed by atoms with Gasteiger partial charge in [0.2, 0.25) is 5.91 Å². The highest BCUT2D eigenvalue weighted by atomic mass is 19.1. The lowest BCUT2D eigenvalue weighted by atomic mass is 10.1. The fraction of sp³-hybridized carbons (Fsp3) is 0.423. The van der Waals surface area contributed by atoms with E-state index in [4.69, 9.17) is 0 Å². The number of benzene rings is 2. The molecule has 0 aliphatic carbocycles. The van der Waals surface area contributed by atoms with Gasteiger partial charge in [0, 0.05) is 61.0 Å². The molecule has 1 saturated heterocycles. The molecule has 17 heteroatoms. The van der Waals surface area contributed by atoms with Gasteiger partial charge in [0.15, 0.2) is 0 Å². The van der Waals surface area contributed by atoms with E-state index >= 15 is 4.39 Å². The van der Waals surface area contributed by atoms with Gasteiger partial charge in [0.1, 0.15) is 18.1 Å². The first-order valence-corrected chi connectivity index (χ1v) is 12.8. The summed E-state index contributed by atoms with van der Waals surface area (Å²) in [6.45, 7) is -1.43. The standard InChI is InChI=1S/C26H31FN4O12/c1-28-21(33)19(9-4-10-32)30-13-17-16(22(30)34)7-3-8-18(17)29-11-14-5-2-6-15(20(14)27)12-31-23(35,36)25(39,40)43-26(41,42)24(31,37)38/h2-3,5-8,10,19,29,35-42H,4,9,11-13H2,1H3,(H,28,33). The van der Waals surface area contributed by atoms with E-state index in [9.17, 15) is 55.2 Å². The van der Waals surface area contributed by atoms with Crippen LogP contribution in [0.15, 0.2) is 36.4 Å². The minimum atomic E-state index is -4.18. The van der Waals surface area contributed by atoms with Crippen molar-refractivity contribution in [1.82, 2.24) is 15.1 Å². The predicted molar refractivity (Wildman–Crippen MR) is 138 cm³/mol. The van der Waals surface area contributed by atoms with E-state index in [1.54, 1.807) is 18.2 Å². The van der Waals surface area contributed by atoms with E-state index in [1.807, 2.05) is 0 Å². The highest BCUT2D eigenvalue weighted by Gasteiger charge is 2.74. The number of anilines is 1. The first-order valence-electron chi connectivity index (χ1n) is 12.8. The summed E-state index contributed by atoms with van der Waals surface area (Å²) in [6.07, 6.45) is 0.814. The lowest BCUT2D eigenvalue weighted by molar-refractivity contribution is -0.659. The molecule has 2 aromatic rings. The number of hydrogen-bond donors (Lipinski definition) is 10. The van der Waals surface area contributed by atoms with Crippen molar-refractivity contribution in [3.8, 4) is 0 Å². The number of nitrogens with zero attached hydrogens (tertiary/aromatic N) is 2. The molecule has 1 atom stereocenters. The molecule has 0 radical (unpaired) electrons. The van der Waals surface area contributed by atoms with Crippen molar-refractivity contribution in [1.29, 1.82) is 0 Å². The van der Waals surface area contributed by atoms with E-state index in [0.29, 0.717) is 23.1 Å².